The van der Waals surface area contributed by atoms with E-state index in [0.29, 0.717) is 0 Å². The van der Waals surface area contributed by atoms with Crippen molar-refractivity contribution in [3.63, 3.8) is 0 Å². The molecule has 1 N–H and O–H groups in total. The second-order valence-corrected chi connectivity index (χ2v) is 9.39. The van der Waals surface area contributed by atoms with Crippen molar-refractivity contribution in [1.82, 2.24) is 14.6 Å². The van der Waals surface area contributed by atoms with Gasteiger partial charge in [0.25, 0.3) is 0 Å². The van der Waals surface area contributed by atoms with Crippen LogP contribution in [0.25, 0.3) is 0 Å². The van der Waals surface area contributed by atoms with Gasteiger partial charge in [-0.05, 0) is 42.7 Å². The summed E-state index contributed by atoms with van der Waals surface area (Å²) in [6, 6.07) is 13.1. The van der Waals surface area contributed by atoms with Crippen molar-refractivity contribution in [3.05, 3.63) is 54.2 Å². The summed E-state index contributed by atoms with van der Waals surface area (Å²) in [6.07, 6.45) is 7.19. The van der Waals surface area contributed by atoms with E-state index >= 15 is 0 Å². The Morgan fingerprint density at radius 2 is 1.71 bits per heavy atom. The molecule has 28 heavy (non-hydrogen) atoms. The highest BCUT2D eigenvalue weighted by Gasteiger charge is 2.26. The molecule has 6 nitrogen and oxygen atoms in total. The summed E-state index contributed by atoms with van der Waals surface area (Å²) in [5.41, 5.74) is 0.919. The largest absolute Gasteiger partial charge is 0.354 e. The lowest BCUT2D eigenvalue weighted by atomic mass is 10.1. The molecular weight excluding hydrogens is 372 g/mol. The topological polar surface area (TPSA) is 65.5 Å². The van der Waals surface area contributed by atoms with Gasteiger partial charge >= 0.3 is 0 Å². The SMILES string of the molecule is O=S(=O)(NCc1ccnc(N2CCN(C3CCCC3)CC2)c1)c1ccccc1. The van der Waals surface area contributed by atoms with E-state index in [1.807, 2.05) is 12.1 Å². The van der Waals surface area contributed by atoms with E-state index in [0.717, 1.165) is 43.6 Å². The lowest BCUT2D eigenvalue weighted by Crippen LogP contribution is -2.50. The molecule has 0 spiro atoms. The van der Waals surface area contributed by atoms with E-state index in [4.69, 9.17) is 0 Å². The van der Waals surface area contributed by atoms with Gasteiger partial charge in [0.15, 0.2) is 0 Å². The van der Waals surface area contributed by atoms with Crippen LogP contribution in [-0.2, 0) is 16.6 Å². The first-order valence-electron chi connectivity index (χ1n) is 10.1. The van der Waals surface area contributed by atoms with E-state index in [1.165, 1.54) is 25.7 Å². The van der Waals surface area contributed by atoms with Gasteiger partial charge in [0, 0.05) is 45.0 Å². The first-order chi connectivity index (χ1) is 13.6. The maximum atomic E-state index is 12.4. The van der Waals surface area contributed by atoms with Gasteiger partial charge in [0.1, 0.15) is 5.82 Å². The molecule has 1 aromatic carbocycles. The number of pyridine rings is 1. The highest BCUT2D eigenvalue weighted by Crippen LogP contribution is 2.25. The fraction of sp³-hybridized carbons (Fsp3) is 0.476. The van der Waals surface area contributed by atoms with Gasteiger partial charge in [-0.2, -0.15) is 0 Å². The summed E-state index contributed by atoms with van der Waals surface area (Å²) in [6.45, 7) is 4.37. The number of benzene rings is 1. The zero-order chi connectivity index (χ0) is 19.4. The monoisotopic (exact) mass is 400 g/mol. The van der Waals surface area contributed by atoms with Crippen molar-refractivity contribution in [3.8, 4) is 0 Å². The zero-order valence-corrected chi connectivity index (χ0v) is 16.9. The predicted octanol–water partition coefficient (Wildman–Crippen LogP) is 2.62. The minimum absolute atomic E-state index is 0.259. The van der Waals surface area contributed by atoms with Crippen molar-refractivity contribution < 1.29 is 8.42 Å². The molecule has 0 amide bonds. The van der Waals surface area contributed by atoms with Crippen LogP contribution in [0.3, 0.4) is 0 Å². The Morgan fingerprint density at radius 1 is 1.00 bits per heavy atom. The van der Waals surface area contributed by atoms with Crippen LogP contribution in [0.5, 0.6) is 0 Å². The Bertz CT molecular complexity index is 874. The van der Waals surface area contributed by atoms with E-state index in [9.17, 15) is 8.42 Å². The molecule has 2 heterocycles. The number of hydrogen-bond acceptors (Lipinski definition) is 5. The quantitative estimate of drug-likeness (QED) is 0.808. The molecule has 7 heteroatoms. The Hall–Kier alpha value is -1.96. The van der Waals surface area contributed by atoms with Crippen LogP contribution >= 0.6 is 0 Å². The van der Waals surface area contributed by atoms with E-state index < -0.39 is 10.0 Å². The molecule has 1 aliphatic carbocycles. The van der Waals surface area contributed by atoms with Gasteiger partial charge in [0.05, 0.1) is 4.90 Å². The number of sulfonamides is 1. The number of nitrogens with one attached hydrogen (secondary N) is 1. The highest BCUT2D eigenvalue weighted by atomic mass is 32.2. The van der Waals surface area contributed by atoms with Crippen molar-refractivity contribution in [2.24, 2.45) is 0 Å². The zero-order valence-electron chi connectivity index (χ0n) is 16.1. The average molecular weight is 401 g/mol. The van der Waals surface area contributed by atoms with Gasteiger partial charge in [-0.25, -0.2) is 18.1 Å². The van der Waals surface area contributed by atoms with Crippen molar-refractivity contribution in [2.45, 2.75) is 43.2 Å². The molecular formula is C21H28N4O2S. The molecule has 1 aromatic heterocycles. The van der Waals surface area contributed by atoms with Crippen LogP contribution in [-0.4, -0.2) is 50.5 Å². The normalized spacial score (nSPS) is 19.2. The maximum Gasteiger partial charge on any atom is 0.240 e. The Kier molecular flexibility index (Phi) is 5.94. The van der Waals surface area contributed by atoms with Crippen LogP contribution in [0.2, 0.25) is 0 Å². The molecule has 2 fully saturated rings. The van der Waals surface area contributed by atoms with Crippen LogP contribution in [0.1, 0.15) is 31.2 Å². The van der Waals surface area contributed by atoms with Crippen LogP contribution in [0.4, 0.5) is 5.82 Å². The maximum absolute atomic E-state index is 12.4. The van der Waals surface area contributed by atoms with Gasteiger partial charge in [-0.15, -0.1) is 0 Å². The molecule has 150 valence electrons. The summed E-state index contributed by atoms with van der Waals surface area (Å²) in [5.74, 6) is 0.933. The number of nitrogens with zero attached hydrogens (tertiary/aromatic N) is 3. The first kappa shape index (κ1) is 19.4. The third kappa shape index (κ3) is 4.54. The van der Waals surface area contributed by atoms with Gasteiger partial charge < -0.3 is 4.90 Å². The summed E-state index contributed by atoms with van der Waals surface area (Å²) in [5, 5.41) is 0. The molecule has 1 aliphatic heterocycles. The molecule has 0 radical (unpaired) electrons. The molecule has 1 saturated heterocycles. The molecule has 1 saturated carbocycles. The van der Waals surface area contributed by atoms with Gasteiger partial charge in [-0.3, -0.25) is 4.90 Å². The number of hydrogen-bond donors (Lipinski definition) is 1. The molecule has 2 aromatic rings. The van der Waals surface area contributed by atoms with Gasteiger partial charge in [-0.1, -0.05) is 31.0 Å². The summed E-state index contributed by atoms with van der Waals surface area (Å²) in [4.78, 5) is 9.74. The average Bonchev–Trinajstić information content (AvgIpc) is 3.28. The van der Waals surface area contributed by atoms with Crippen molar-refractivity contribution >= 4 is 15.8 Å². The second kappa shape index (κ2) is 8.59. The molecule has 4 rings (SSSR count). The summed E-state index contributed by atoms with van der Waals surface area (Å²) < 4.78 is 27.5. The fourth-order valence-corrected chi connectivity index (χ4v) is 5.23. The van der Waals surface area contributed by atoms with Crippen LogP contribution in [0.15, 0.2) is 53.6 Å². The summed E-state index contributed by atoms with van der Waals surface area (Å²) >= 11 is 0. The van der Waals surface area contributed by atoms with Crippen molar-refractivity contribution in [2.75, 3.05) is 31.1 Å². The van der Waals surface area contributed by atoms with Crippen molar-refractivity contribution in [1.29, 1.82) is 0 Å². The third-order valence-electron chi connectivity index (χ3n) is 5.81. The minimum atomic E-state index is -3.50. The smallest absolute Gasteiger partial charge is 0.240 e. The summed E-state index contributed by atoms with van der Waals surface area (Å²) in [7, 11) is -3.50. The molecule has 0 atom stereocenters. The standard InChI is InChI=1S/C21H28N4O2S/c26-28(27,20-8-2-1-3-9-20)23-17-18-10-11-22-21(16-18)25-14-12-24(13-15-25)19-6-4-5-7-19/h1-3,8-11,16,19,23H,4-7,12-15,17H2. The Balaban J connectivity index is 1.36. The fourth-order valence-electron chi connectivity index (χ4n) is 4.19. The lowest BCUT2D eigenvalue weighted by molar-refractivity contribution is 0.187. The Morgan fingerprint density at radius 3 is 2.43 bits per heavy atom. The molecule has 0 unspecified atom stereocenters. The van der Waals surface area contributed by atoms with E-state index in [2.05, 4.69) is 19.5 Å². The lowest BCUT2D eigenvalue weighted by Gasteiger charge is -2.38. The third-order valence-corrected chi connectivity index (χ3v) is 7.23. The number of aromatic nitrogens is 1. The number of rotatable bonds is 6. The predicted molar refractivity (Wildman–Crippen MR) is 111 cm³/mol. The van der Waals surface area contributed by atoms with Crippen LogP contribution < -0.4 is 9.62 Å². The molecule has 2 aliphatic rings. The first-order valence-corrected chi connectivity index (χ1v) is 11.6. The van der Waals surface area contributed by atoms with E-state index in [-0.39, 0.29) is 11.4 Å². The number of anilines is 1. The number of piperazine rings is 1. The Labute approximate surface area is 167 Å². The van der Waals surface area contributed by atoms with E-state index in [1.54, 1.807) is 36.5 Å². The minimum Gasteiger partial charge on any atom is -0.354 e. The highest BCUT2D eigenvalue weighted by molar-refractivity contribution is 7.89. The van der Waals surface area contributed by atoms with Gasteiger partial charge in [0.2, 0.25) is 10.0 Å². The second-order valence-electron chi connectivity index (χ2n) is 7.62. The van der Waals surface area contributed by atoms with Crippen LogP contribution in [0, 0.1) is 0 Å². The molecule has 0 bridgehead atoms.